The molecule has 1 saturated heterocycles. The summed E-state index contributed by atoms with van der Waals surface area (Å²) in [6, 6.07) is 10.0. The first-order valence-electron chi connectivity index (χ1n) is 10.6. The average Bonchev–Trinajstić information content (AvgIpc) is 3.24. The van der Waals surface area contributed by atoms with Gasteiger partial charge in [-0.05, 0) is 49.4 Å². The smallest absolute Gasteiger partial charge is 0.238 e. The Morgan fingerprint density at radius 1 is 1.03 bits per heavy atom. The maximum Gasteiger partial charge on any atom is 0.238 e. The van der Waals surface area contributed by atoms with Gasteiger partial charge in [0.15, 0.2) is 0 Å². The highest BCUT2D eigenvalue weighted by molar-refractivity contribution is 7.09. The average molecular weight is 429 g/mol. The van der Waals surface area contributed by atoms with Crippen molar-refractivity contribution in [3.8, 4) is 0 Å². The number of rotatable bonds is 8. The molecular weight excluding hydrogens is 396 g/mol. The molecule has 0 saturated carbocycles. The lowest BCUT2D eigenvalue weighted by molar-refractivity contribution is -0.133. The molecule has 3 rings (SSSR count). The van der Waals surface area contributed by atoms with E-state index >= 15 is 0 Å². The number of nitrogens with zero attached hydrogens (tertiary/aromatic N) is 3. The van der Waals surface area contributed by atoms with Gasteiger partial charge in [-0.15, -0.1) is 11.3 Å². The molecule has 1 aromatic carbocycles. The number of piperazine rings is 1. The van der Waals surface area contributed by atoms with E-state index in [0.29, 0.717) is 19.6 Å². The molecule has 0 spiro atoms. The molecule has 1 aliphatic heterocycles. The van der Waals surface area contributed by atoms with Crippen molar-refractivity contribution >= 4 is 28.8 Å². The van der Waals surface area contributed by atoms with Crippen LogP contribution in [0, 0.1) is 13.8 Å². The Kier molecular flexibility index (Phi) is 8.01. The van der Waals surface area contributed by atoms with Crippen LogP contribution >= 0.6 is 11.3 Å². The van der Waals surface area contributed by atoms with Gasteiger partial charge in [0.2, 0.25) is 11.8 Å². The van der Waals surface area contributed by atoms with Crippen molar-refractivity contribution in [1.29, 1.82) is 0 Å². The van der Waals surface area contributed by atoms with Crippen LogP contribution in [-0.4, -0.2) is 72.3 Å². The SMILES string of the molecule is CCN(Cc1cccs1)C(=O)CN1CCN(CC(=O)Nc2cccc(C)c2C)CC1. The molecule has 162 valence electrons. The summed E-state index contributed by atoms with van der Waals surface area (Å²) in [6.45, 7) is 11.5. The first-order valence-corrected chi connectivity index (χ1v) is 11.4. The highest BCUT2D eigenvalue weighted by Gasteiger charge is 2.23. The number of carbonyl (C=O) groups excluding carboxylic acids is 2. The normalized spacial score (nSPS) is 15.2. The lowest BCUT2D eigenvalue weighted by atomic mass is 10.1. The molecule has 1 fully saturated rings. The van der Waals surface area contributed by atoms with E-state index in [9.17, 15) is 9.59 Å². The second kappa shape index (κ2) is 10.7. The van der Waals surface area contributed by atoms with Crippen LogP contribution in [0.3, 0.4) is 0 Å². The topological polar surface area (TPSA) is 55.9 Å². The number of likely N-dealkylation sites (N-methyl/N-ethyl adjacent to an activating group) is 1. The van der Waals surface area contributed by atoms with Gasteiger partial charge < -0.3 is 10.2 Å². The third-order valence-electron chi connectivity index (χ3n) is 5.73. The summed E-state index contributed by atoms with van der Waals surface area (Å²) >= 11 is 1.69. The van der Waals surface area contributed by atoms with Crippen molar-refractivity contribution < 1.29 is 9.59 Å². The van der Waals surface area contributed by atoms with Crippen molar-refractivity contribution in [2.24, 2.45) is 0 Å². The summed E-state index contributed by atoms with van der Waals surface area (Å²) in [5.41, 5.74) is 3.16. The highest BCUT2D eigenvalue weighted by atomic mass is 32.1. The Morgan fingerprint density at radius 3 is 2.37 bits per heavy atom. The van der Waals surface area contributed by atoms with Crippen molar-refractivity contribution in [2.45, 2.75) is 27.3 Å². The number of hydrogen-bond donors (Lipinski definition) is 1. The number of hydrogen-bond acceptors (Lipinski definition) is 5. The van der Waals surface area contributed by atoms with Crippen LogP contribution in [-0.2, 0) is 16.1 Å². The lowest BCUT2D eigenvalue weighted by Gasteiger charge is -2.35. The van der Waals surface area contributed by atoms with Crippen LogP contribution in [0.15, 0.2) is 35.7 Å². The number of carbonyl (C=O) groups is 2. The van der Waals surface area contributed by atoms with Crippen molar-refractivity contribution in [2.75, 3.05) is 51.1 Å². The standard InChI is InChI=1S/C23H32N4O2S/c1-4-27(15-20-8-6-14-30-20)23(29)17-26-12-10-25(11-13-26)16-22(28)24-21-9-5-7-18(2)19(21)3/h5-9,14H,4,10-13,15-17H2,1-3H3,(H,24,28). The Bertz CT molecular complexity index is 845. The molecule has 1 N–H and O–H groups in total. The van der Waals surface area contributed by atoms with E-state index < -0.39 is 0 Å². The summed E-state index contributed by atoms with van der Waals surface area (Å²) in [4.78, 5) is 32.6. The maximum absolute atomic E-state index is 12.7. The number of benzene rings is 1. The molecule has 2 amide bonds. The summed E-state index contributed by atoms with van der Waals surface area (Å²) in [7, 11) is 0. The zero-order valence-corrected chi connectivity index (χ0v) is 19.0. The third-order valence-corrected chi connectivity index (χ3v) is 6.59. The minimum absolute atomic E-state index is 0.0151. The molecule has 30 heavy (non-hydrogen) atoms. The van der Waals surface area contributed by atoms with E-state index in [-0.39, 0.29) is 11.8 Å². The van der Waals surface area contributed by atoms with E-state index in [0.717, 1.165) is 44.0 Å². The summed E-state index contributed by atoms with van der Waals surface area (Å²) < 4.78 is 0. The fourth-order valence-corrected chi connectivity index (χ4v) is 4.36. The number of thiophene rings is 1. The highest BCUT2D eigenvalue weighted by Crippen LogP contribution is 2.18. The molecule has 1 aliphatic rings. The number of nitrogens with one attached hydrogen (secondary N) is 1. The Balaban J connectivity index is 1.42. The van der Waals surface area contributed by atoms with Gasteiger partial charge in [-0.1, -0.05) is 18.2 Å². The van der Waals surface area contributed by atoms with Gasteiger partial charge in [0.05, 0.1) is 19.6 Å². The first kappa shape index (κ1) is 22.5. The molecule has 0 unspecified atom stereocenters. The van der Waals surface area contributed by atoms with Gasteiger partial charge in [0.25, 0.3) is 0 Å². The molecule has 0 atom stereocenters. The van der Waals surface area contributed by atoms with Gasteiger partial charge in [-0.25, -0.2) is 0 Å². The van der Waals surface area contributed by atoms with Gasteiger partial charge in [0.1, 0.15) is 0 Å². The van der Waals surface area contributed by atoms with Crippen LogP contribution in [0.5, 0.6) is 0 Å². The third kappa shape index (κ3) is 6.14. The van der Waals surface area contributed by atoms with Crippen LogP contribution < -0.4 is 5.32 Å². The molecule has 1 aromatic heterocycles. The lowest BCUT2D eigenvalue weighted by Crippen LogP contribution is -2.51. The van der Waals surface area contributed by atoms with E-state index in [1.807, 2.05) is 55.3 Å². The predicted octanol–water partition coefficient (Wildman–Crippen LogP) is 2.97. The molecule has 0 bridgehead atoms. The van der Waals surface area contributed by atoms with Gasteiger partial charge >= 0.3 is 0 Å². The van der Waals surface area contributed by atoms with Gasteiger partial charge in [0, 0.05) is 43.3 Å². The summed E-state index contributed by atoms with van der Waals surface area (Å²) in [5, 5.41) is 5.08. The van der Waals surface area contributed by atoms with Crippen LogP contribution in [0.4, 0.5) is 5.69 Å². The Hall–Kier alpha value is -2.22. The van der Waals surface area contributed by atoms with Crippen molar-refractivity contribution in [3.63, 3.8) is 0 Å². The van der Waals surface area contributed by atoms with Crippen molar-refractivity contribution in [1.82, 2.24) is 14.7 Å². The Labute approximate surface area is 183 Å². The molecule has 2 heterocycles. The maximum atomic E-state index is 12.7. The van der Waals surface area contributed by atoms with Crippen molar-refractivity contribution in [3.05, 3.63) is 51.7 Å². The molecular formula is C23H32N4O2S. The first-order chi connectivity index (χ1) is 14.5. The molecule has 7 heteroatoms. The Morgan fingerprint density at radius 2 is 1.73 bits per heavy atom. The quantitative estimate of drug-likeness (QED) is 0.702. The van der Waals surface area contributed by atoms with Crippen LogP contribution in [0.1, 0.15) is 22.9 Å². The molecule has 0 aliphatic carbocycles. The van der Waals surface area contributed by atoms with Gasteiger partial charge in [-0.3, -0.25) is 19.4 Å². The van der Waals surface area contributed by atoms with E-state index in [1.165, 1.54) is 10.4 Å². The molecule has 2 aromatic rings. The molecule has 0 radical (unpaired) electrons. The second-order valence-electron chi connectivity index (χ2n) is 7.84. The summed E-state index contributed by atoms with van der Waals surface area (Å²) in [5.74, 6) is 0.188. The second-order valence-corrected chi connectivity index (χ2v) is 8.87. The minimum Gasteiger partial charge on any atom is -0.337 e. The fourth-order valence-electron chi connectivity index (χ4n) is 3.64. The summed E-state index contributed by atoms with van der Waals surface area (Å²) in [6.07, 6.45) is 0. The number of anilines is 1. The molecule has 6 nitrogen and oxygen atoms in total. The minimum atomic E-state index is 0.0151. The van der Waals surface area contributed by atoms with E-state index in [4.69, 9.17) is 0 Å². The van der Waals surface area contributed by atoms with Crippen LogP contribution in [0.25, 0.3) is 0 Å². The largest absolute Gasteiger partial charge is 0.337 e. The van der Waals surface area contributed by atoms with Gasteiger partial charge in [-0.2, -0.15) is 0 Å². The number of amides is 2. The van der Waals surface area contributed by atoms with E-state index in [1.54, 1.807) is 11.3 Å². The number of aryl methyl sites for hydroxylation is 1. The fraction of sp³-hybridized carbons (Fsp3) is 0.478. The van der Waals surface area contributed by atoms with Crippen LogP contribution in [0.2, 0.25) is 0 Å². The zero-order valence-electron chi connectivity index (χ0n) is 18.2. The monoisotopic (exact) mass is 428 g/mol. The van der Waals surface area contributed by atoms with E-state index in [2.05, 4.69) is 21.2 Å². The predicted molar refractivity (Wildman–Crippen MR) is 123 cm³/mol. The zero-order chi connectivity index (χ0) is 21.5.